The average Bonchev–Trinajstić information content (AvgIpc) is 3.39. The Labute approximate surface area is 171 Å². The number of hydrogen-bond donors (Lipinski definition) is 0. The molecule has 2 aromatic rings. The monoisotopic (exact) mass is 372 g/mol. The molecule has 0 radical (unpaired) electrons. The molecule has 0 unspecified atom stereocenters. The summed E-state index contributed by atoms with van der Waals surface area (Å²) in [4.78, 5) is 0. The van der Waals surface area contributed by atoms with Gasteiger partial charge in [-0.3, -0.25) is 0 Å². The molecule has 2 aromatic carbocycles. The summed E-state index contributed by atoms with van der Waals surface area (Å²) < 4.78 is 0. The summed E-state index contributed by atoms with van der Waals surface area (Å²) >= 11 is 0. The van der Waals surface area contributed by atoms with Crippen LogP contribution in [0.2, 0.25) is 0 Å². The second-order valence-corrected chi connectivity index (χ2v) is 10.4. The Kier molecular flexibility index (Phi) is 4.51. The summed E-state index contributed by atoms with van der Waals surface area (Å²) in [6, 6.07) is 9.65. The van der Waals surface area contributed by atoms with Gasteiger partial charge in [0.05, 0.1) is 0 Å². The standard InChI is InChI=1S/C28H36/c1-2-9-19(10-3-1)25-23-15-6-7-16-24(23)26(22-17-18-22)28(21-13-8-14-21)27(25)20-11-4-5-12-20/h6-7,15-16,19-22H,1-5,8-14,17-18H2. The van der Waals surface area contributed by atoms with Crippen LogP contribution in [0, 0.1) is 0 Å². The van der Waals surface area contributed by atoms with Gasteiger partial charge < -0.3 is 0 Å². The number of rotatable bonds is 4. The van der Waals surface area contributed by atoms with Crippen LogP contribution in [-0.4, -0.2) is 0 Å². The third-order valence-corrected chi connectivity index (χ3v) is 8.65. The van der Waals surface area contributed by atoms with E-state index in [9.17, 15) is 0 Å². The second-order valence-electron chi connectivity index (χ2n) is 10.4. The highest BCUT2D eigenvalue weighted by molar-refractivity contribution is 5.93. The molecule has 28 heavy (non-hydrogen) atoms. The fourth-order valence-corrected chi connectivity index (χ4v) is 6.97. The first kappa shape index (κ1) is 17.5. The van der Waals surface area contributed by atoms with Gasteiger partial charge in [-0.1, -0.05) is 62.8 Å². The van der Waals surface area contributed by atoms with E-state index in [4.69, 9.17) is 0 Å². The van der Waals surface area contributed by atoms with E-state index in [0.717, 1.165) is 23.7 Å². The van der Waals surface area contributed by atoms with E-state index in [0.29, 0.717) is 0 Å². The Morgan fingerprint density at radius 2 is 0.786 bits per heavy atom. The molecule has 0 bridgehead atoms. The van der Waals surface area contributed by atoms with Gasteiger partial charge in [-0.05, 0) is 108 Å². The maximum atomic E-state index is 2.51. The maximum absolute atomic E-state index is 2.51. The first-order chi connectivity index (χ1) is 13.9. The van der Waals surface area contributed by atoms with E-state index >= 15 is 0 Å². The molecule has 0 heterocycles. The predicted molar refractivity (Wildman–Crippen MR) is 120 cm³/mol. The molecule has 0 heteroatoms. The van der Waals surface area contributed by atoms with Gasteiger partial charge in [-0.25, -0.2) is 0 Å². The lowest BCUT2D eigenvalue weighted by Crippen LogP contribution is -2.19. The van der Waals surface area contributed by atoms with E-state index in [-0.39, 0.29) is 0 Å². The average molecular weight is 373 g/mol. The molecule has 6 rings (SSSR count). The summed E-state index contributed by atoms with van der Waals surface area (Å²) in [5.41, 5.74) is 7.53. The molecule has 0 atom stereocenters. The van der Waals surface area contributed by atoms with Crippen LogP contribution in [0.1, 0.15) is 136 Å². The Bertz CT molecular complexity index is 855. The van der Waals surface area contributed by atoms with Crippen molar-refractivity contribution in [1.82, 2.24) is 0 Å². The first-order valence-electron chi connectivity index (χ1n) is 12.5. The normalized spacial score (nSPS) is 24.7. The molecule has 0 nitrogen and oxygen atoms in total. The maximum Gasteiger partial charge on any atom is -0.0143 e. The van der Waals surface area contributed by atoms with Gasteiger partial charge in [0, 0.05) is 0 Å². The quantitative estimate of drug-likeness (QED) is 0.503. The van der Waals surface area contributed by atoms with Crippen LogP contribution in [0.25, 0.3) is 10.8 Å². The van der Waals surface area contributed by atoms with Crippen LogP contribution >= 0.6 is 0 Å². The van der Waals surface area contributed by atoms with Crippen molar-refractivity contribution in [2.24, 2.45) is 0 Å². The Morgan fingerprint density at radius 3 is 1.21 bits per heavy atom. The molecule has 0 saturated heterocycles. The predicted octanol–water partition coefficient (Wildman–Crippen LogP) is 8.69. The van der Waals surface area contributed by atoms with Crippen molar-refractivity contribution in [3.05, 3.63) is 46.5 Å². The minimum atomic E-state index is 0.835. The minimum absolute atomic E-state index is 0.835. The summed E-state index contributed by atoms with van der Waals surface area (Å²) in [6.07, 6.45) is 20.4. The molecule has 4 aliphatic rings. The molecule has 0 spiro atoms. The van der Waals surface area contributed by atoms with Gasteiger partial charge in [0.15, 0.2) is 0 Å². The molecule has 148 valence electrons. The van der Waals surface area contributed by atoms with E-state index in [1.807, 2.05) is 22.3 Å². The summed E-state index contributed by atoms with van der Waals surface area (Å²) in [7, 11) is 0. The highest BCUT2D eigenvalue weighted by atomic mass is 14.4. The van der Waals surface area contributed by atoms with Gasteiger partial charge in [-0.2, -0.15) is 0 Å². The zero-order valence-electron chi connectivity index (χ0n) is 17.5. The van der Waals surface area contributed by atoms with Crippen molar-refractivity contribution >= 4 is 10.8 Å². The smallest absolute Gasteiger partial charge is 0.0143 e. The largest absolute Gasteiger partial charge is 0.0616 e. The van der Waals surface area contributed by atoms with Crippen LogP contribution in [0.15, 0.2) is 24.3 Å². The molecule has 0 aliphatic heterocycles. The van der Waals surface area contributed by atoms with Crippen LogP contribution in [0.4, 0.5) is 0 Å². The molecule has 4 saturated carbocycles. The lowest BCUT2D eigenvalue weighted by atomic mass is 9.67. The van der Waals surface area contributed by atoms with Crippen LogP contribution < -0.4 is 0 Å². The lowest BCUT2D eigenvalue weighted by molar-refractivity contribution is 0.408. The van der Waals surface area contributed by atoms with Crippen LogP contribution in [0.3, 0.4) is 0 Å². The van der Waals surface area contributed by atoms with Crippen LogP contribution in [0.5, 0.6) is 0 Å². The number of fused-ring (bicyclic) bond motifs is 1. The first-order valence-corrected chi connectivity index (χ1v) is 12.5. The second kappa shape index (κ2) is 7.19. The molecule has 4 aliphatic carbocycles. The molecule has 0 amide bonds. The van der Waals surface area contributed by atoms with Crippen molar-refractivity contribution in [3.63, 3.8) is 0 Å². The van der Waals surface area contributed by atoms with E-state index in [1.54, 1.807) is 10.8 Å². The van der Waals surface area contributed by atoms with Gasteiger partial charge in [-0.15, -0.1) is 0 Å². The van der Waals surface area contributed by atoms with Gasteiger partial charge >= 0.3 is 0 Å². The molecule has 0 N–H and O–H groups in total. The molecular weight excluding hydrogens is 336 g/mol. The van der Waals surface area contributed by atoms with Crippen molar-refractivity contribution in [3.8, 4) is 0 Å². The SMILES string of the molecule is c1ccc2c(C3CC3)c(C3CCC3)c(C3CCCC3)c(C3CCCCC3)c2c1. The summed E-state index contributed by atoms with van der Waals surface area (Å²) in [5, 5.41) is 3.33. The van der Waals surface area contributed by atoms with Crippen molar-refractivity contribution in [1.29, 1.82) is 0 Å². The van der Waals surface area contributed by atoms with Gasteiger partial charge in [0.25, 0.3) is 0 Å². The third-order valence-electron chi connectivity index (χ3n) is 8.65. The number of hydrogen-bond acceptors (Lipinski definition) is 0. The van der Waals surface area contributed by atoms with Gasteiger partial charge in [0.2, 0.25) is 0 Å². The Morgan fingerprint density at radius 1 is 0.393 bits per heavy atom. The summed E-state index contributed by atoms with van der Waals surface area (Å²) in [6.45, 7) is 0. The highest BCUT2D eigenvalue weighted by Crippen LogP contribution is 2.56. The van der Waals surface area contributed by atoms with E-state index in [1.165, 1.54) is 89.9 Å². The Balaban J connectivity index is 1.66. The van der Waals surface area contributed by atoms with Crippen molar-refractivity contribution in [2.75, 3.05) is 0 Å². The van der Waals surface area contributed by atoms with E-state index < -0.39 is 0 Å². The van der Waals surface area contributed by atoms with E-state index in [2.05, 4.69) is 24.3 Å². The van der Waals surface area contributed by atoms with Crippen molar-refractivity contribution in [2.45, 2.75) is 114 Å². The Hall–Kier alpha value is -1.30. The lowest BCUT2D eigenvalue weighted by Gasteiger charge is -2.37. The zero-order chi connectivity index (χ0) is 18.5. The fraction of sp³-hybridized carbons (Fsp3) is 0.643. The van der Waals surface area contributed by atoms with Gasteiger partial charge in [0.1, 0.15) is 0 Å². The summed E-state index contributed by atoms with van der Waals surface area (Å²) in [5.74, 6) is 3.47. The molecule has 0 aromatic heterocycles. The topological polar surface area (TPSA) is 0 Å². The third kappa shape index (κ3) is 2.86. The van der Waals surface area contributed by atoms with Crippen LogP contribution in [-0.2, 0) is 0 Å². The molecule has 4 fully saturated rings. The zero-order valence-corrected chi connectivity index (χ0v) is 17.5. The minimum Gasteiger partial charge on any atom is -0.0616 e. The number of benzene rings is 2. The molecular formula is C28H36. The highest BCUT2D eigenvalue weighted by Gasteiger charge is 2.38. The van der Waals surface area contributed by atoms with Crippen molar-refractivity contribution < 1.29 is 0 Å². The fourth-order valence-electron chi connectivity index (χ4n) is 6.97.